The number of carbonyl (C=O) groups is 1. The van der Waals surface area contributed by atoms with E-state index in [1.165, 1.54) is 0 Å². The van der Waals surface area contributed by atoms with E-state index in [1.807, 2.05) is 48.0 Å². The Morgan fingerprint density at radius 2 is 2.07 bits per heavy atom. The number of nitrogens with zero attached hydrogens (tertiary/aromatic N) is 5. The second-order valence-corrected chi connectivity index (χ2v) is 6.94. The van der Waals surface area contributed by atoms with E-state index in [0.717, 1.165) is 56.0 Å². The Bertz CT molecular complexity index is 914. The number of hydrogen-bond acceptors (Lipinski definition) is 4. The lowest BCUT2D eigenvalue weighted by Crippen LogP contribution is -2.32. The van der Waals surface area contributed by atoms with Crippen LogP contribution in [0.3, 0.4) is 0 Å². The molecule has 1 atom stereocenters. The maximum absolute atomic E-state index is 12.9. The summed E-state index contributed by atoms with van der Waals surface area (Å²) in [6, 6.07) is 9.97. The second kappa shape index (κ2) is 7.73. The zero-order valence-electron chi connectivity index (χ0n) is 15.5. The van der Waals surface area contributed by atoms with E-state index in [-0.39, 0.29) is 11.9 Å². The molecule has 0 saturated heterocycles. The fraction of sp³-hybridized carbons (Fsp3) is 0.400. The molecular formula is C20H24N6O. The van der Waals surface area contributed by atoms with Crippen LogP contribution in [0.1, 0.15) is 53.1 Å². The van der Waals surface area contributed by atoms with Gasteiger partial charge in [-0.2, -0.15) is 0 Å². The first-order valence-corrected chi connectivity index (χ1v) is 9.48. The van der Waals surface area contributed by atoms with Crippen LogP contribution in [-0.4, -0.2) is 30.2 Å². The lowest BCUT2D eigenvalue weighted by atomic mass is 10.0. The maximum atomic E-state index is 12.9. The predicted octanol–water partition coefficient (Wildman–Crippen LogP) is 2.68. The molecule has 1 aromatic carbocycles. The molecule has 1 amide bonds. The standard InChI is InChI=1S/C20H24N6O/c1-15-21-11-14-25(15)13-10-17(16-7-3-2-4-8-16)22-20(27)19-24-23-18-9-5-6-12-26(18)19/h2-4,7-8,11,14,17H,5-6,9-10,12-13H2,1H3,(H,22,27). The minimum atomic E-state index is -0.160. The van der Waals surface area contributed by atoms with Gasteiger partial charge in [-0.25, -0.2) is 4.98 Å². The highest BCUT2D eigenvalue weighted by molar-refractivity contribution is 5.91. The molecular weight excluding hydrogens is 340 g/mol. The van der Waals surface area contributed by atoms with Crippen molar-refractivity contribution in [3.05, 3.63) is 65.8 Å². The van der Waals surface area contributed by atoms with E-state index in [0.29, 0.717) is 5.82 Å². The number of nitrogens with one attached hydrogen (secondary N) is 1. The van der Waals surface area contributed by atoms with Crippen LogP contribution in [0.4, 0.5) is 0 Å². The largest absolute Gasteiger partial charge is 0.342 e. The predicted molar refractivity (Wildman–Crippen MR) is 101 cm³/mol. The van der Waals surface area contributed by atoms with E-state index in [9.17, 15) is 4.79 Å². The van der Waals surface area contributed by atoms with Crippen molar-refractivity contribution >= 4 is 5.91 Å². The number of benzene rings is 1. The van der Waals surface area contributed by atoms with Gasteiger partial charge >= 0.3 is 0 Å². The summed E-state index contributed by atoms with van der Waals surface area (Å²) in [5.41, 5.74) is 1.09. The zero-order chi connectivity index (χ0) is 18.6. The number of fused-ring (bicyclic) bond motifs is 1. The van der Waals surface area contributed by atoms with Crippen LogP contribution in [0.15, 0.2) is 42.7 Å². The minimum Gasteiger partial charge on any atom is -0.342 e. The number of hydrogen-bond donors (Lipinski definition) is 1. The van der Waals surface area contributed by atoms with Crippen LogP contribution in [0.25, 0.3) is 0 Å². The molecule has 7 nitrogen and oxygen atoms in total. The fourth-order valence-corrected chi connectivity index (χ4v) is 3.61. The summed E-state index contributed by atoms with van der Waals surface area (Å²) in [6.45, 7) is 3.58. The minimum absolute atomic E-state index is 0.1000. The van der Waals surface area contributed by atoms with Crippen LogP contribution in [0, 0.1) is 6.92 Å². The third-order valence-corrected chi connectivity index (χ3v) is 5.15. The molecule has 0 saturated carbocycles. The lowest BCUT2D eigenvalue weighted by Gasteiger charge is -2.20. The summed E-state index contributed by atoms with van der Waals surface area (Å²) >= 11 is 0. The highest BCUT2D eigenvalue weighted by atomic mass is 16.2. The molecule has 1 aliphatic rings. The average Bonchev–Trinajstić information content (AvgIpc) is 3.32. The van der Waals surface area contributed by atoms with Gasteiger partial charge in [-0.05, 0) is 31.7 Å². The van der Waals surface area contributed by atoms with Crippen LogP contribution in [0.2, 0.25) is 0 Å². The van der Waals surface area contributed by atoms with Crippen LogP contribution in [-0.2, 0) is 19.5 Å². The summed E-state index contributed by atoms with van der Waals surface area (Å²) in [7, 11) is 0. The molecule has 7 heteroatoms. The molecule has 4 rings (SSSR count). The third-order valence-electron chi connectivity index (χ3n) is 5.15. The summed E-state index contributed by atoms with van der Waals surface area (Å²) < 4.78 is 4.06. The lowest BCUT2D eigenvalue weighted by molar-refractivity contribution is 0.0917. The zero-order valence-corrected chi connectivity index (χ0v) is 15.5. The van der Waals surface area contributed by atoms with Crippen molar-refractivity contribution < 1.29 is 4.79 Å². The Morgan fingerprint density at radius 3 is 2.85 bits per heavy atom. The first-order valence-electron chi connectivity index (χ1n) is 9.48. The molecule has 0 bridgehead atoms. The van der Waals surface area contributed by atoms with Gasteiger partial charge in [-0.1, -0.05) is 30.3 Å². The van der Waals surface area contributed by atoms with Crippen molar-refractivity contribution in [3.8, 4) is 0 Å². The number of aromatic nitrogens is 5. The van der Waals surface area contributed by atoms with Gasteiger partial charge in [-0.15, -0.1) is 10.2 Å². The second-order valence-electron chi connectivity index (χ2n) is 6.94. The summed E-state index contributed by atoms with van der Waals surface area (Å²) in [4.78, 5) is 17.2. The van der Waals surface area contributed by atoms with Crippen molar-refractivity contribution in [2.75, 3.05) is 0 Å². The molecule has 3 heterocycles. The van der Waals surface area contributed by atoms with E-state index < -0.39 is 0 Å². The molecule has 1 unspecified atom stereocenters. The highest BCUT2D eigenvalue weighted by Gasteiger charge is 2.23. The van der Waals surface area contributed by atoms with Crippen molar-refractivity contribution in [1.29, 1.82) is 0 Å². The Kier molecular flexibility index (Phi) is 5.00. The molecule has 0 aliphatic carbocycles. The van der Waals surface area contributed by atoms with E-state index in [1.54, 1.807) is 6.20 Å². The smallest absolute Gasteiger partial charge is 0.289 e. The molecule has 0 fully saturated rings. The van der Waals surface area contributed by atoms with Gasteiger partial charge in [0.2, 0.25) is 5.82 Å². The Labute approximate surface area is 158 Å². The molecule has 1 aliphatic heterocycles. The fourth-order valence-electron chi connectivity index (χ4n) is 3.61. The van der Waals surface area contributed by atoms with Gasteiger partial charge in [0.15, 0.2) is 0 Å². The number of carbonyl (C=O) groups excluding carboxylic acids is 1. The molecule has 0 radical (unpaired) electrons. The van der Waals surface area contributed by atoms with Gasteiger partial charge in [0, 0.05) is 31.9 Å². The molecule has 27 heavy (non-hydrogen) atoms. The number of imidazole rings is 1. The van der Waals surface area contributed by atoms with E-state index in [4.69, 9.17) is 0 Å². The maximum Gasteiger partial charge on any atom is 0.289 e. The van der Waals surface area contributed by atoms with Gasteiger partial charge < -0.3 is 14.5 Å². The molecule has 140 valence electrons. The molecule has 2 aromatic heterocycles. The molecule has 3 aromatic rings. The normalized spacial score (nSPS) is 14.6. The van der Waals surface area contributed by atoms with Gasteiger partial charge in [0.1, 0.15) is 11.6 Å². The van der Waals surface area contributed by atoms with Crippen molar-refractivity contribution in [2.45, 2.75) is 51.7 Å². The molecule has 1 N–H and O–H groups in total. The number of rotatable bonds is 6. The molecule has 0 spiro atoms. The first kappa shape index (κ1) is 17.5. The average molecular weight is 364 g/mol. The van der Waals surface area contributed by atoms with Crippen molar-refractivity contribution in [2.24, 2.45) is 0 Å². The van der Waals surface area contributed by atoms with Crippen LogP contribution >= 0.6 is 0 Å². The van der Waals surface area contributed by atoms with Crippen LogP contribution in [0.5, 0.6) is 0 Å². The van der Waals surface area contributed by atoms with Gasteiger partial charge in [0.25, 0.3) is 5.91 Å². The van der Waals surface area contributed by atoms with Crippen LogP contribution < -0.4 is 5.32 Å². The Hall–Kier alpha value is -2.96. The quantitative estimate of drug-likeness (QED) is 0.729. The van der Waals surface area contributed by atoms with Gasteiger partial charge in [0.05, 0.1) is 6.04 Å². The summed E-state index contributed by atoms with van der Waals surface area (Å²) in [5, 5.41) is 11.5. The number of aryl methyl sites for hydroxylation is 3. The topological polar surface area (TPSA) is 77.6 Å². The Morgan fingerprint density at radius 1 is 1.22 bits per heavy atom. The monoisotopic (exact) mass is 364 g/mol. The Balaban J connectivity index is 1.53. The van der Waals surface area contributed by atoms with E-state index >= 15 is 0 Å². The van der Waals surface area contributed by atoms with Crippen molar-refractivity contribution in [3.63, 3.8) is 0 Å². The summed E-state index contributed by atoms with van der Waals surface area (Å²) in [6.07, 6.45) is 7.60. The third kappa shape index (κ3) is 3.77. The van der Waals surface area contributed by atoms with E-state index in [2.05, 4.69) is 25.1 Å². The van der Waals surface area contributed by atoms with Crippen molar-refractivity contribution in [1.82, 2.24) is 29.6 Å². The van der Waals surface area contributed by atoms with Gasteiger partial charge in [-0.3, -0.25) is 4.79 Å². The first-order chi connectivity index (χ1) is 13.2. The SMILES string of the molecule is Cc1nccn1CCC(NC(=O)c1nnc2n1CCCC2)c1ccccc1. The highest BCUT2D eigenvalue weighted by Crippen LogP contribution is 2.20. The summed E-state index contributed by atoms with van der Waals surface area (Å²) in [5.74, 6) is 2.15. The number of amides is 1.